The molecular weight excluding hydrogens is 491 g/mol. The number of carbonyl (C=O) groups excluding carboxylic acids is 1. The molecule has 10 nitrogen and oxygen atoms in total. The minimum Gasteiger partial charge on any atom is -0.406 e. The number of nitrogens with one attached hydrogen (secondary N) is 1. The van der Waals surface area contributed by atoms with Gasteiger partial charge in [0.2, 0.25) is 0 Å². The molecule has 13 heteroatoms. The van der Waals surface area contributed by atoms with Gasteiger partial charge in [0.05, 0.1) is 23.6 Å². The first-order valence-corrected chi connectivity index (χ1v) is 12.0. The Labute approximate surface area is 209 Å². The Morgan fingerprint density at radius 2 is 1.78 bits per heavy atom. The second-order valence-corrected chi connectivity index (χ2v) is 9.06. The monoisotopic (exact) mass is 517 g/mol. The third-order valence-electron chi connectivity index (χ3n) is 6.70. The zero-order chi connectivity index (χ0) is 26.2. The van der Waals surface area contributed by atoms with Crippen LogP contribution in [-0.4, -0.2) is 71.0 Å². The predicted octanol–water partition coefficient (Wildman–Crippen LogP) is 2.16. The fourth-order valence-corrected chi connectivity index (χ4v) is 4.89. The second-order valence-electron chi connectivity index (χ2n) is 9.06. The molecule has 2 aliphatic heterocycles. The van der Waals surface area contributed by atoms with Crippen molar-refractivity contribution in [3.8, 4) is 5.75 Å². The van der Waals surface area contributed by atoms with Gasteiger partial charge in [-0.3, -0.25) is 14.2 Å². The number of hydrogen-bond donors (Lipinski definition) is 2. The molecule has 196 valence electrons. The van der Waals surface area contributed by atoms with Gasteiger partial charge in [0.25, 0.3) is 11.5 Å². The molecule has 0 radical (unpaired) electrons. The van der Waals surface area contributed by atoms with E-state index in [-0.39, 0.29) is 28.8 Å². The van der Waals surface area contributed by atoms with E-state index in [0.717, 1.165) is 44.0 Å². The molecule has 4 heterocycles. The molecule has 37 heavy (non-hydrogen) atoms. The first kappa shape index (κ1) is 24.8. The van der Waals surface area contributed by atoms with Crippen LogP contribution in [0, 0.1) is 0 Å². The van der Waals surface area contributed by atoms with E-state index in [1.165, 1.54) is 12.3 Å². The number of pyridine rings is 1. The molecule has 0 aliphatic carbocycles. The molecule has 1 aromatic carbocycles. The van der Waals surface area contributed by atoms with Crippen molar-refractivity contribution in [3.63, 3.8) is 0 Å². The minimum absolute atomic E-state index is 0.0987. The SMILES string of the molecule is Nc1cc(OC(F)(F)F)ccc1C(=O)N1CCC(n2c(=O)cnc3cc(N4CCNCC4)cnc32)CC1. The highest BCUT2D eigenvalue weighted by Crippen LogP contribution is 2.29. The summed E-state index contributed by atoms with van der Waals surface area (Å²) < 4.78 is 42.9. The van der Waals surface area contributed by atoms with Gasteiger partial charge >= 0.3 is 6.36 Å². The Morgan fingerprint density at radius 3 is 2.46 bits per heavy atom. The second kappa shape index (κ2) is 9.88. The first-order valence-electron chi connectivity index (χ1n) is 12.0. The number of alkyl halides is 3. The molecule has 1 amide bonds. The average molecular weight is 518 g/mol. The van der Waals surface area contributed by atoms with Crippen molar-refractivity contribution < 1.29 is 22.7 Å². The maximum atomic E-state index is 13.0. The van der Waals surface area contributed by atoms with Gasteiger partial charge in [-0.15, -0.1) is 13.2 Å². The van der Waals surface area contributed by atoms with E-state index in [9.17, 15) is 22.8 Å². The smallest absolute Gasteiger partial charge is 0.406 e. The van der Waals surface area contributed by atoms with Crippen LogP contribution in [0.15, 0.2) is 41.5 Å². The van der Waals surface area contributed by atoms with Crippen LogP contribution in [0.1, 0.15) is 29.2 Å². The lowest BCUT2D eigenvalue weighted by Crippen LogP contribution is -2.43. The van der Waals surface area contributed by atoms with Gasteiger partial charge < -0.3 is 25.6 Å². The lowest BCUT2D eigenvalue weighted by atomic mass is 10.0. The Kier molecular flexibility index (Phi) is 6.63. The normalized spacial score (nSPS) is 17.3. The number of piperidine rings is 1. The third kappa shape index (κ3) is 5.31. The highest BCUT2D eigenvalue weighted by Gasteiger charge is 2.32. The number of anilines is 2. The summed E-state index contributed by atoms with van der Waals surface area (Å²) in [5.41, 5.74) is 7.67. The number of likely N-dealkylation sites (tertiary alicyclic amines) is 1. The maximum Gasteiger partial charge on any atom is 0.573 e. The number of nitrogen functional groups attached to an aromatic ring is 1. The number of benzene rings is 1. The topological polar surface area (TPSA) is 119 Å². The number of ether oxygens (including phenoxy) is 1. The van der Waals surface area contributed by atoms with Gasteiger partial charge in [-0.05, 0) is 31.0 Å². The number of rotatable bonds is 4. The van der Waals surface area contributed by atoms with Crippen LogP contribution in [0.25, 0.3) is 11.2 Å². The first-order chi connectivity index (χ1) is 17.7. The van der Waals surface area contributed by atoms with Crippen molar-refractivity contribution in [3.05, 3.63) is 52.6 Å². The Bertz CT molecular complexity index is 1360. The van der Waals surface area contributed by atoms with Crippen molar-refractivity contribution >= 4 is 28.4 Å². The van der Waals surface area contributed by atoms with Crippen molar-refractivity contribution in [2.75, 3.05) is 49.9 Å². The van der Waals surface area contributed by atoms with Gasteiger partial charge in [0, 0.05) is 57.1 Å². The lowest BCUT2D eigenvalue weighted by Gasteiger charge is -2.33. The number of halogens is 3. The number of amides is 1. The fourth-order valence-electron chi connectivity index (χ4n) is 4.89. The van der Waals surface area contributed by atoms with Gasteiger partial charge in [-0.25, -0.2) is 9.97 Å². The van der Waals surface area contributed by atoms with E-state index in [2.05, 4.69) is 24.9 Å². The Balaban J connectivity index is 1.31. The lowest BCUT2D eigenvalue weighted by molar-refractivity contribution is -0.274. The molecule has 5 rings (SSSR count). The summed E-state index contributed by atoms with van der Waals surface area (Å²) in [5, 5.41) is 3.31. The largest absolute Gasteiger partial charge is 0.573 e. The van der Waals surface area contributed by atoms with Gasteiger partial charge in [-0.1, -0.05) is 0 Å². The van der Waals surface area contributed by atoms with Crippen molar-refractivity contribution in [2.24, 2.45) is 0 Å². The molecule has 0 unspecified atom stereocenters. The van der Waals surface area contributed by atoms with Gasteiger partial charge in [0.1, 0.15) is 11.3 Å². The highest BCUT2D eigenvalue weighted by atomic mass is 19.4. The van der Waals surface area contributed by atoms with Gasteiger partial charge in [-0.2, -0.15) is 0 Å². The summed E-state index contributed by atoms with van der Waals surface area (Å²) in [6.45, 7) is 4.19. The average Bonchev–Trinajstić information content (AvgIpc) is 2.88. The summed E-state index contributed by atoms with van der Waals surface area (Å²) in [7, 11) is 0. The Morgan fingerprint density at radius 1 is 1.05 bits per heavy atom. The van der Waals surface area contributed by atoms with Crippen molar-refractivity contribution in [2.45, 2.75) is 25.2 Å². The summed E-state index contributed by atoms with van der Waals surface area (Å²) in [5.74, 6) is -0.878. The molecule has 3 aromatic rings. The highest BCUT2D eigenvalue weighted by molar-refractivity contribution is 5.99. The van der Waals surface area contributed by atoms with Crippen molar-refractivity contribution in [1.82, 2.24) is 24.8 Å². The zero-order valence-corrected chi connectivity index (χ0v) is 19.9. The van der Waals surface area contributed by atoms with Crippen LogP contribution >= 0.6 is 0 Å². The molecule has 0 saturated carbocycles. The molecule has 2 fully saturated rings. The standard InChI is InChI=1S/C24H26F3N7O3/c25-24(26,27)37-17-1-2-18(19(28)12-17)23(36)33-7-3-15(4-8-33)34-21(35)14-30-20-11-16(13-31-22(20)34)32-9-5-29-6-10-32/h1-2,11-15,29H,3-10,28H2. The summed E-state index contributed by atoms with van der Waals surface area (Å²) >= 11 is 0. The molecule has 2 aromatic heterocycles. The molecule has 2 aliphatic rings. The van der Waals surface area contributed by atoms with Crippen LogP contribution in [0.2, 0.25) is 0 Å². The minimum atomic E-state index is -4.85. The summed E-state index contributed by atoms with van der Waals surface area (Å²) in [6.07, 6.45) is -0.786. The molecule has 0 spiro atoms. The number of nitrogens with two attached hydrogens (primary N) is 1. The van der Waals surface area contributed by atoms with E-state index in [4.69, 9.17) is 5.73 Å². The van der Waals surface area contributed by atoms with Crippen LogP contribution in [0.5, 0.6) is 5.75 Å². The van der Waals surface area contributed by atoms with Crippen molar-refractivity contribution in [1.29, 1.82) is 0 Å². The van der Waals surface area contributed by atoms with Gasteiger partial charge in [0.15, 0.2) is 5.65 Å². The number of aromatic nitrogens is 3. The third-order valence-corrected chi connectivity index (χ3v) is 6.70. The number of hydrogen-bond acceptors (Lipinski definition) is 8. The molecule has 0 bridgehead atoms. The zero-order valence-electron chi connectivity index (χ0n) is 19.9. The molecule has 2 saturated heterocycles. The summed E-state index contributed by atoms with van der Waals surface area (Å²) in [6, 6.07) is 5.03. The fraction of sp³-hybridized carbons (Fsp3) is 0.417. The quantitative estimate of drug-likeness (QED) is 0.506. The number of carbonyl (C=O) groups is 1. The van der Waals surface area contributed by atoms with E-state index < -0.39 is 12.1 Å². The van der Waals surface area contributed by atoms with Crippen LogP contribution < -0.4 is 26.2 Å². The molecule has 0 atom stereocenters. The number of piperazine rings is 1. The Hall–Kier alpha value is -3.87. The van der Waals surface area contributed by atoms with E-state index in [1.807, 2.05) is 6.07 Å². The van der Waals surface area contributed by atoms with Crippen LogP contribution in [0.4, 0.5) is 24.5 Å². The summed E-state index contributed by atoms with van der Waals surface area (Å²) in [4.78, 5) is 38.5. The number of nitrogens with zero attached hydrogens (tertiary/aromatic N) is 5. The molecule has 3 N–H and O–H groups in total. The van der Waals surface area contributed by atoms with Crippen LogP contribution in [0.3, 0.4) is 0 Å². The van der Waals surface area contributed by atoms with Crippen LogP contribution in [-0.2, 0) is 0 Å². The maximum absolute atomic E-state index is 13.0. The van der Waals surface area contributed by atoms with E-state index in [0.29, 0.717) is 37.1 Å². The van der Waals surface area contributed by atoms with E-state index >= 15 is 0 Å². The molecular formula is C24H26F3N7O3. The predicted molar refractivity (Wildman–Crippen MR) is 131 cm³/mol. The number of fused-ring (bicyclic) bond motifs is 1. The van der Waals surface area contributed by atoms with E-state index in [1.54, 1.807) is 15.7 Å².